The predicted molar refractivity (Wildman–Crippen MR) is 93.0 cm³/mol. The van der Waals surface area contributed by atoms with E-state index in [1.165, 1.54) is 25.9 Å². The number of piperidine rings is 1. The number of aliphatic hydroxyl groups excluding tert-OH is 1. The number of aliphatic hydroxyl groups is 1. The molecule has 0 aromatic carbocycles. The van der Waals surface area contributed by atoms with E-state index < -0.39 is 0 Å². The first-order valence-electron chi connectivity index (χ1n) is 8.76. The van der Waals surface area contributed by atoms with Crippen molar-refractivity contribution < 1.29 is 5.11 Å². The Morgan fingerprint density at radius 3 is 2.74 bits per heavy atom. The number of anilines is 2. The summed E-state index contributed by atoms with van der Waals surface area (Å²) in [4.78, 5) is 15.8. The van der Waals surface area contributed by atoms with Crippen molar-refractivity contribution in [3.63, 3.8) is 0 Å². The molecule has 0 radical (unpaired) electrons. The zero-order chi connectivity index (χ0) is 16.2. The fraction of sp³-hybridized carbons (Fsp3) is 0.765. The largest absolute Gasteiger partial charge is 0.394 e. The molecule has 1 N–H and O–H groups in total. The number of nitrogens with zero attached hydrogens (tertiary/aromatic N) is 5. The van der Waals surface area contributed by atoms with Crippen LogP contribution in [-0.4, -0.2) is 72.9 Å². The summed E-state index contributed by atoms with van der Waals surface area (Å²) in [6.07, 6.45) is 6.34. The van der Waals surface area contributed by atoms with Crippen LogP contribution in [0.2, 0.25) is 0 Å². The monoisotopic (exact) mass is 319 g/mol. The van der Waals surface area contributed by atoms with Gasteiger partial charge in [0.15, 0.2) is 0 Å². The van der Waals surface area contributed by atoms with Crippen molar-refractivity contribution in [3.8, 4) is 0 Å². The molecule has 2 fully saturated rings. The van der Waals surface area contributed by atoms with Gasteiger partial charge in [-0.15, -0.1) is 0 Å². The Morgan fingerprint density at radius 2 is 2.00 bits per heavy atom. The number of rotatable bonds is 5. The number of hydrogen-bond donors (Lipinski definition) is 1. The lowest BCUT2D eigenvalue weighted by molar-refractivity contribution is 0.222. The maximum absolute atomic E-state index is 9.51. The van der Waals surface area contributed by atoms with Crippen molar-refractivity contribution in [1.82, 2.24) is 14.9 Å². The van der Waals surface area contributed by atoms with Crippen molar-refractivity contribution in [1.29, 1.82) is 0 Å². The molecule has 0 spiro atoms. The molecule has 0 bridgehead atoms. The lowest BCUT2D eigenvalue weighted by Crippen LogP contribution is -2.36. The minimum atomic E-state index is 0.199. The first kappa shape index (κ1) is 16.5. The molecule has 3 heterocycles. The van der Waals surface area contributed by atoms with Crippen molar-refractivity contribution in [3.05, 3.63) is 12.4 Å². The number of likely N-dealkylation sites (tertiary alicyclic amines) is 1. The zero-order valence-corrected chi connectivity index (χ0v) is 14.4. The zero-order valence-electron chi connectivity index (χ0n) is 14.4. The summed E-state index contributed by atoms with van der Waals surface area (Å²) >= 11 is 0. The third-order valence-electron chi connectivity index (χ3n) is 5.28. The maximum atomic E-state index is 9.51. The van der Waals surface area contributed by atoms with E-state index in [2.05, 4.69) is 44.8 Å². The van der Waals surface area contributed by atoms with Crippen molar-refractivity contribution in [2.24, 2.45) is 5.92 Å². The Bertz CT molecular complexity index is 504. The van der Waals surface area contributed by atoms with E-state index in [-0.39, 0.29) is 12.6 Å². The van der Waals surface area contributed by atoms with Crippen LogP contribution < -0.4 is 9.80 Å². The van der Waals surface area contributed by atoms with Crippen LogP contribution in [0.15, 0.2) is 12.4 Å². The molecule has 128 valence electrons. The first-order valence-corrected chi connectivity index (χ1v) is 8.76. The van der Waals surface area contributed by atoms with Gasteiger partial charge in [0, 0.05) is 26.2 Å². The van der Waals surface area contributed by atoms with Crippen LogP contribution in [0.25, 0.3) is 0 Å². The van der Waals surface area contributed by atoms with Crippen LogP contribution in [0.5, 0.6) is 0 Å². The molecule has 0 amide bonds. The van der Waals surface area contributed by atoms with E-state index in [0.29, 0.717) is 0 Å². The van der Waals surface area contributed by atoms with Gasteiger partial charge < -0.3 is 19.8 Å². The Labute approximate surface area is 139 Å². The quantitative estimate of drug-likeness (QED) is 0.880. The van der Waals surface area contributed by atoms with Crippen molar-refractivity contribution in [2.45, 2.75) is 31.7 Å². The predicted octanol–water partition coefficient (Wildman–Crippen LogP) is 1.22. The highest BCUT2D eigenvalue weighted by Crippen LogP contribution is 2.26. The second-order valence-electron chi connectivity index (χ2n) is 7.03. The van der Waals surface area contributed by atoms with Crippen molar-refractivity contribution in [2.75, 3.05) is 56.7 Å². The Morgan fingerprint density at radius 1 is 1.22 bits per heavy atom. The summed E-state index contributed by atoms with van der Waals surface area (Å²) < 4.78 is 0. The van der Waals surface area contributed by atoms with Gasteiger partial charge in [0.05, 0.1) is 12.6 Å². The van der Waals surface area contributed by atoms with E-state index in [1.54, 1.807) is 6.33 Å². The van der Waals surface area contributed by atoms with Gasteiger partial charge in [-0.2, -0.15) is 0 Å². The molecule has 23 heavy (non-hydrogen) atoms. The summed E-state index contributed by atoms with van der Waals surface area (Å²) in [6.45, 7) is 4.61. The van der Waals surface area contributed by atoms with Gasteiger partial charge in [0.1, 0.15) is 18.0 Å². The van der Waals surface area contributed by atoms with Gasteiger partial charge in [0.2, 0.25) is 0 Å². The van der Waals surface area contributed by atoms with Gasteiger partial charge in [-0.1, -0.05) is 0 Å². The van der Waals surface area contributed by atoms with E-state index in [1.807, 2.05) is 0 Å². The van der Waals surface area contributed by atoms with Gasteiger partial charge in [-0.3, -0.25) is 0 Å². The molecule has 6 heteroatoms. The summed E-state index contributed by atoms with van der Waals surface area (Å²) in [5, 5.41) is 9.51. The Balaban J connectivity index is 1.64. The normalized spacial score (nSPS) is 23.4. The Kier molecular flexibility index (Phi) is 5.33. The molecule has 1 aromatic heterocycles. The number of aromatic nitrogens is 2. The highest BCUT2D eigenvalue weighted by atomic mass is 16.3. The second kappa shape index (κ2) is 7.45. The fourth-order valence-corrected chi connectivity index (χ4v) is 3.76. The van der Waals surface area contributed by atoms with Gasteiger partial charge in [-0.25, -0.2) is 9.97 Å². The lowest BCUT2D eigenvalue weighted by Gasteiger charge is -2.32. The smallest absolute Gasteiger partial charge is 0.134 e. The average molecular weight is 319 g/mol. The van der Waals surface area contributed by atoms with Crippen molar-refractivity contribution >= 4 is 11.6 Å². The summed E-state index contributed by atoms with van der Waals surface area (Å²) in [5.41, 5.74) is 0. The molecule has 0 aliphatic carbocycles. The molecule has 2 aliphatic heterocycles. The van der Waals surface area contributed by atoms with E-state index in [4.69, 9.17) is 0 Å². The molecule has 0 unspecified atom stereocenters. The summed E-state index contributed by atoms with van der Waals surface area (Å²) in [5.74, 6) is 2.67. The van der Waals surface area contributed by atoms with Crippen LogP contribution in [0.1, 0.15) is 25.7 Å². The molecule has 0 saturated carbocycles. The molecule has 1 aromatic rings. The standard InChI is InChI=1S/C17H29N5O/c1-20-8-5-14(6-9-20)11-21(2)16-10-17(19-13-18-16)22-7-3-4-15(22)12-23/h10,13-15,23H,3-9,11-12H2,1-2H3/t15-/m1/s1. The lowest BCUT2D eigenvalue weighted by atomic mass is 9.97. The summed E-state index contributed by atoms with van der Waals surface area (Å²) in [6, 6.07) is 2.28. The van der Waals surface area contributed by atoms with Crippen LogP contribution in [0.3, 0.4) is 0 Å². The molecule has 2 aliphatic rings. The average Bonchev–Trinajstić information content (AvgIpc) is 3.06. The van der Waals surface area contributed by atoms with E-state index >= 15 is 0 Å². The van der Waals surface area contributed by atoms with Gasteiger partial charge in [-0.05, 0) is 51.7 Å². The fourth-order valence-electron chi connectivity index (χ4n) is 3.76. The van der Waals surface area contributed by atoms with Gasteiger partial charge in [0.25, 0.3) is 0 Å². The molecule has 6 nitrogen and oxygen atoms in total. The first-order chi connectivity index (χ1) is 11.2. The molecule has 2 saturated heterocycles. The highest BCUT2D eigenvalue weighted by Gasteiger charge is 2.25. The van der Waals surface area contributed by atoms with E-state index in [0.717, 1.165) is 43.5 Å². The maximum Gasteiger partial charge on any atom is 0.134 e. The van der Waals surface area contributed by atoms with E-state index in [9.17, 15) is 5.11 Å². The summed E-state index contributed by atoms with van der Waals surface area (Å²) in [7, 11) is 4.32. The molecule has 1 atom stereocenters. The van der Waals surface area contributed by atoms with Crippen LogP contribution >= 0.6 is 0 Å². The third kappa shape index (κ3) is 3.93. The van der Waals surface area contributed by atoms with Crippen LogP contribution in [-0.2, 0) is 0 Å². The Hall–Kier alpha value is -1.40. The topological polar surface area (TPSA) is 55.7 Å². The third-order valence-corrected chi connectivity index (χ3v) is 5.28. The molecular formula is C17H29N5O. The second-order valence-corrected chi connectivity index (χ2v) is 7.03. The van der Waals surface area contributed by atoms with Crippen LogP contribution in [0.4, 0.5) is 11.6 Å². The number of hydrogen-bond acceptors (Lipinski definition) is 6. The van der Waals surface area contributed by atoms with Crippen LogP contribution in [0, 0.1) is 5.92 Å². The van der Waals surface area contributed by atoms with Gasteiger partial charge >= 0.3 is 0 Å². The highest BCUT2D eigenvalue weighted by molar-refractivity contribution is 5.51. The minimum Gasteiger partial charge on any atom is -0.394 e. The molecule has 3 rings (SSSR count). The SMILES string of the molecule is CN1CCC(CN(C)c2cc(N3CCC[C@@H]3CO)ncn2)CC1. The molecular weight excluding hydrogens is 290 g/mol. The minimum absolute atomic E-state index is 0.199.